The molecule has 0 saturated carbocycles. The molecule has 122 valence electrons. The molecule has 2 fully saturated rings. The fourth-order valence-electron chi connectivity index (χ4n) is 3.51. The summed E-state index contributed by atoms with van der Waals surface area (Å²) in [5.74, 6) is 1.86. The standard InChI is InChI=1S/C15H21N7O/c1-20-15(16-10-17-20)22-7-4-11(9-22)12-8-13(23)19-14(18-12)21-5-2-3-6-21/h8,10-11H,2-7,9H2,1H3,(H,18,19,23). The molecule has 0 aromatic carbocycles. The molecule has 8 heteroatoms. The van der Waals surface area contributed by atoms with Crippen LogP contribution in [0.25, 0.3) is 0 Å². The zero-order chi connectivity index (χ0) is 15.8. The summed E-state index contributed by atoms with van der Waals surface area (Å²) in [5, 5.41) is 4.13. The molecule has 0 amide bonds. The van der Waals surface area contributed by atoms with Gasteiger partial charge in [0.15, 0.2) is 0 Å². The van der Waals surface area contributed by atoms with Crippen LogP contribution in [0.3, 0.4) is 0 Å². The Bertz CT molecular complexity index is 746. The van der Waals surface area contributed by atoms with Gasteiger partial charge in [-0.1, -0.05) is 0 Å². The van der Waals surface area contributed by atoms with E-state index in [1.165, 1.54) is 0 Å². The number of aromatic amines is 1. The molecule has 4 heterocycles. The van der Waals surface area contributed by atoms with Gasteiger partial charge in [0, 0.05) is 45.2 Å². The molecule has 0 aliphatic carbocycles. The first kappa shape index (κ1) is 14.2. The van der Waals surface area contributed by atoms with Crippen molar-refractivity contribution >= 4 is 11.9 Å². The van der Waals surface area contributed by atoms with E-state index in [0.29, 0.717) is 0 Å². The molecule has 1 atom stereocenters. The van der Waals surface area contributed by atoms with Crippen molar-refractivity contribution in [2.45, 2.75) is 25.2 Å². The van der Waals surface area contributed by atoms with Crippen molar-refractivity contribution in [2.75, 3.05) is 36.0 Å². The van der Waals surface area contributed by atoms with Crippen molar-refractivity contribution in [3.05, 3.63) is 28.4 Å². The van der Waals surface area contributed by atoms with Gasteiger partial charge in [-0.15, -0.1) is 0 Å². The van der Waals surface area contributed by atoms with Crippen molar-refractivity contribution in [2.24, 2.45) is 7.05 Å². The zero-order valence-electron chi connectivity index (χ0n) is 13.3. The Hall–Kier alpha value is -2.38. The molecule has 2 aromatic rings. The second-order valence-corrected chi connectivity index (χ2v) is 6.30. The fourth-order valence-corrected chi connectivity index (χ4v) is 3.51. The first-order valence-electron chi connectivity index (χ1n) is 8.16. The molecule has 1 unspecified atom stereocenters. The molecule has 4 rings (SSSR count). The lowest BCUT2D eigenvalue weighted by atomic mass is 10.1. The van der Waals surface area contributed by atoms with E-state index in [-0.39, 0.29) is 11.5 Å². The van der Waals surface area contributed by atoms with Gasteiger partial charge in [0.2, 0.25) is 11.9 Å². The maximum Gasteiger partial charge on any atom is 0.252 e. The minimum Gasteiger partial charge on any atom is -0.342 e. The second-order valence-electron chi connectivity index (χ2n) is 6.30. The van der Waals surface area contributed by atoms with Gasteiger partial charge in [0.1, 0.15) is 6.33 Å². The lowest BCUT2D eigenvalue weighted by molar-refractivity contribution is 0.713. The maximum absolute atomic E-state index is 12.0. The number of anilines is 2. The van der Waals surface area contributed by atoms with E-state index in [1.54, 1.807) is 17.1 Å². The topological polar surface area (TPSA) is 82.9 Å². The Kier molecular flexibility index (Phi) is 3.51. The van der Waals surface area contributed by atoms with Crippen molar-refractivity contribution in [3.63, 3.8) is 0 Å². The summed E-state index contributed by atoms with van der Waals surface area (Å²) < 4.78 is 1.78. The summed E-state index contributed by atoms with van der Waals surface area (Å²) in [6.07, 6.45) is 4.87. The van der Waals surface area contributed by atoms with E-state index < -0.39 is 0 Å². The molecule has 2 aliphatic heterocycles. The minimum absolute atomic E-state index is 0.0611. The smallest absolute Gasteiger partial charge is 0.252 e. The monoisotopic (exact) mass is 315 g/mol. The largest absolute Gasteiger partial charge is 0.342 e. The molecule has 8 nitrogen and oxygen atoms in total. The summed E-state index contributed by atoms with van der Waals surface area (Å²) in [5.41, 5.74) is 0.828. The SMILES string of the molecule is Cn1ncnc1N1CCC(c2cc(=O)[nH]c(N3CCCC3)n2)C1. The van der Waals surface area contributed by atoms with E-state index in [9.17, 15) is 4.79 Å². The lowest BCUT2D eigenvalue weighted by Crippen LogP contribution is -2.26. The third-order valence-corrected chi connectivity index (χ3v) is 4.73. The third kappa shape index (κ3) is 2.69. The van der Waals surface area contributed by atoms with E-state index in [4.69, 9.17) is 4.98 Å². The van der Waals surface area contributed by atoms with Crippen LogP contribution in [0, 0.1) is 0 Å². The quantitative estimate of drug-likeness (QED) is 0.888. The molecule has 23 heavy (non-hydrogen) atoms. The molecule has 2 aliphatic rings. The van der Waals surface area contributed by atoms with Crippen LogP contribution in [-0.2, 0) is 7.05 Å². The van der Waals surface area contributed by atoms with Gasteiger partial charge in [0.05, 0.1) is 5.69 Å². The van der Waals surface area contributed by atoms with Crippen LogP contribution in [0.4, 0.5) is 11.9 Å². The average Bonchev–Trinajstić information content (AvgIpc) is 3.28. The normalized spacial score (nSPS) is 21.3. The summed E-state index contributed by atoms with van der Waals surface area (Å²) in [6.45, 7) is 3.68. The van der Waals surface area contributed by atoms with Crippen LogP contribution >= 0.6 is 0 Å². The van der Waals surface area contributed by atoms with E-state index in [0.717, 1.165) is 63.0 Å². The van der Waals surface area contributed by atoms with Gasteiger partial charge in [-0.3, -0.25) is 9.78 Å². The molecule has 1 N–H and O–H groups in total. The highest BCUT2D eigenvalue weighted by Crippen LogP contribution is 2.28. The zero-order valence-corrected chi connectivity index (χ0v) is 13.3. The summed E-state index contributed by atoms with van der Waals surface area (Å²) in [4.78, 5) is 28.3. The third-order valence-electron chi connectivity index (χ3n) is 4.73. The highest BCUT2D eigenvalue weighted by Gasteiger charge is 2.28. The van der Waals surface area contributed by atoms with Crippen LogP contribution in [0.5, 0.6) is 0 Å². The van der Waals surface area contributed by atoms with E-state index in [1.807, 2.05) is 7.05 Å². The predicted molar refractivity (Wildman–Crippen MR) is 86.9 cm³/mol. The highest BCUT2D eigenvalue weighted by atomic mass is 16.1. The fraction of sp³-hybridized carbons (Fsp3) is 0.600. The van der Waals surface area contributed by atoms with Crippen LogP contribution < -0.4 is 15.4 Å². The Morgan fingerprint density at radius 3 is 2.78 bits per heavy atom. The summed E-state index contributed by atoms with van der Waals surface area (Å²) in [6, 6.07) is 1.64. The van der Waals surface area contributed by atoms with Gasteiger partial charge in [0.25, 0.3) is 5.56 Å². The van der Waals surface area contributed by atoms with Crippen LogP contribution in [0.1, 0.15) is 30.9 Å². The Morgan fingerprint density at radius 2 is 2.04 bits per heavy atom. The van der Waals surface area contributed by atoms with Gasteiger partial charge in [-0.05, 0) is 19.3 Å². The average molecular weight is 315 g/mol. The number of hydrogen-bond acceptors (Lipinski definition) is 6. The number of hydrogen-bond donors (Lipinski definition) is 1. The molecular weight excluding hydrogens is 294 g/mol. The molecular formula is C15H21N7O. The Morgan fingerprint density at radius 1 is 1.22 bits per heavy atom. The van der Waals surface area contributed by atoms with Crippen LogP contribution in [0.2, 0.25) is 0 Å². The van der Waals surface area contributed by atoms with E-state index >= 15 is 0 Å². The summed E-state index contributed by atoms with van der Waals surface area (Å²) in [7, 11) is 1.90. The lowest BCUT2D eigenvalue weighted by Gasteiger charge is -2.18. The van der Waals surface area contributed by atoms with Gasteiger partial charge < -0.3 is 9.80 Å². The molecule has 2 saturated heterocycles. The Balaban J connectivity index is 1.56. The summed E-state index contributed by atoms with van der Waals surface area (Å²) >= 11 is 0. The molecule has 0 radical (unpaired) electrons. The maximum atomic E-state index is 12.0. The van der Waals surface area contributed by atoms with E-state index in [2.05, 4.69) is 24.9 Å². The number of rotatable bonds is 3. The van der Waals surface area contributed by atoms with Crippen molar-refractivity contribution < 1.29 is 0 Å². The molecule has 0 bridgehead atoms. The predicted octanol–water partition coefficient (Wildman–Crippen LogP) is 0.492. The van der Waals surface area contributed by atoms with Gasteiger partial charge >= 0.3 is 0 Å². The molecule has 2 aromatic heterocycles. The first-order chi connectivity index (χ1) is 11.2. The first-order valence-corrected chi connectivity index (χ1v) is 8.16. The molecule has 0 spiro atoms. The van der Waals surface area contributed by atoms with Crippen molar-refractivity contribution in [1.82, 2.24) is 24.7 Å². The minimum atomic E-state index is -0.0611. The number of H-pyrrole nitrogens is 1. The van der Waals surface area contributed by atoms with Gasteiger partial charge in [-0.25, -0.2) is 9.67 Å². The van der Waals surface area contributed by atoms with Crippen LogP contribution in [-0.4, -0.2) is 50.9 Å². The highest BCUT2D eigenvalue weighted by molar-refractivity contribution is 5.36. The van der Waals surface area contributed by atoms with Crippen molar-refractivity contribution in [3.8, 4) is 0 Å². The Labute approximate surface area is 134 Å². The number of aryl methyl sites for hydroxylation is 1. The van der Waals surface area contributed by atoms with Crippen molar-refractivity contribution in [1.29, 1.82) is 0 Å². The number of nitrogens with zero attached hydrogens (tertiary/aromatic N) is 6. The van der Waals surface area contributed by atoms with Gasteiger partial charge in [-0.2, -0.15) is 10.1 Å². The second kappa shape index (κ2) is 5.68. The number of nitrogens with one attached hydrogen (secondary N) is 1. The van der Waals surface area contributed by atoms with Crippen LogP contribution in [0.15, 0.2) is 17.2 Å². The number of aromatic nitrogens is 5.